The summed E-state index contributed by atoms with van der Waals surface area (Å²) in [7, 11) is 0. The Balaban J connectivity index is 1.28. The number of alkyl halides is 2. The van der Waals surface area contributed by atoms with Crippen LogP contribution in [0.15, 0.2) is 59.7 Å². The zero-order valence-electron chi connectivity index (χ0n) is 21.8. The average Bonchev–Trinajstić information content (AvgIpc) is 3.23. The molecule has 0 atom stereocenters. The third kappa shape index (κ3) is 5.93. The summed E-state index contributed by atoms with van der Waals surface area (Å²) in [4.78, 5) is 34.5. The molecule has 1 fully saturated rings. The van der Waals surface area contributed by atoms with E-state index in [0.29, 0.717) is 37.9 Å². The van der Waals surface area contributed by atoms with Gasteiger partial charge in [0.05, 0.1) is 33.5 Å². The van der Waals surface area contributed by atoms with Gasteiger partial charge >= 0.3 is 5.69 Å². The van der Waals surface area contributed by atoms with Crippen molar-refractivity contribution in [1.29, 1.82) is 0 Å². The van der Waals surface area contributed by atoms with Gasteiger partial charge in [-0.2, -0.15) is 0 Å². The summed E-state index contributed by atoms with van der Waals surface area (Å²) in [6.45, 7) is 0.631. The van der Waals surface area contributed by atoms with E-state index >= 15 is 0 Å². The molecule has 0 bridgehead atoms. The van der Waals surface area contributed by atoms with E-state index in [2.05, 4.69) is 15.3 Å². The second-order valence-electron chi connectivity index (χ2n) is 10.1. The Hall–Kier alpha value is -3.63. The predicted octanol–water partition coefficient (Wildman–Crippen LogP) is 5.09. The van der Waals surface area contributed by atoms with Crippen molar-refractivity contribution in [1.82, 2.24) is 24.4 Å². The van der Waals surface area contributed by atoms with Gasteiger partial charge in [0.15, 0.2) is 0 Å². The maximum atomic E-state index is 13.6. The molecule has 3 heterocycles. The van der Waals surface area contributed by atoms with E-state index < -0.39 is 18.0 Å². The van der Waals surface area contributed by atoms with Gasteiger partial charge in [0.25, 0.3) is 12.3 Å². The Morgan fingerprint density at radius 2 is 1.82 bits per heavy atom. The molecule has 1 amide bonds. The molecule has 40 heavy (non-hydrogen) atoms. The fourth-order valence-corrected chi connectivity index (χ4v) is 5.57. The number of hydrogen-bond donors (Lipinski definition) is 2. The summed E-state index contributed by atoms with van der Waals surface area (Å²) in [5.41, 5.74) is 2.23. The van der Waals surface area contributed by atoms with E-state index in [1.165, 1.54) is 6.07 Å². The minimum Gasteiger partial charge on any atom is -0.396 e. The van der Waals surface area contributed by atoms with E-state index in [0.717, 1.165) is 35.8 Å². The highest BCUT2D eigenvalue weighted by Gasteiger charge is 2.27. The number of nitrogens with one attached hydrogen (secondary N) is 1. The third-order valence-electron chi connectivity index (χ3n) is 7.45. The van der Waals surface area contributed by atoms with Crippen LogP contribution >= 0.6 is 11.6 Å². The lowest BCUT2D eigenvalue weighted by molar-refractivity contribution is 0.0904. The highest BCUT2D eigenvalue weighted by molar-refractivity contribution is 6.30. The number of imidazole rings is 1. The van der Waals surface area contributed by atoms with Crippen LogP contribution in [0.4, 0.5) is 8.78 Å². The van der Waals surface area contributed by atoms with Crippen LogP contribution in [-0.4, -0.2) is 42.8 Å². The maximum Gasteiger partial charge on any atom is 0.333 e. The molecule has 0 radical (unpaired) electrons. The monoisotopic (exact) mass is 569 g/mol. The maximum absolute atomic E-state index is 13.6. The molecule has 2 N–H and O–H groups in total. The second kappa shape index (κ2) is 12.3. The Morgan fingerprint density at radius 1 is 1.07 bits per heavy atom. The number of hydrogen-bond acceptors (Lipinski definition) is 5. The number of aliphatic hydroxyl groups is 1. The van der Waals surface area contributed by atoms with Crippen LogP contribution in [0.25, 0.3) is 16.7 Å². The Bertz CT molecular complexity index is 1550. The number of aromatic nitrogens is 4. The van der Waals surface area contributed by atoms with Gasteiger partial charge < -0.3 is 10.4 Å². The molecule has 210 valence electrons. The number of aryl methyl sites for hydroxylation is 1. The van der Waals surface area contributed by atoms with Crippen molar-refractivity contribution in [3.05, 3.63) is 87.3 Å². The fourth-order valence-electron chi connectivity index (χ4n) is 5.41. The van der Waals surface area contributed by atoms with Crippen molar-refractivity contribution in [2.24, 2.45) is 5.92 Å². The van der Waals surface area contributed by atoms with Gasteiger partial charge in [-0.1, -0.05) is 23.7 Å². The van der Waals surface area contributed by atoms with Crippen molar-refractivity contribution in [3.63, 3.8) is 0 Å². The molecule has 1 saturated carbocycles. The van der Waals surface area contributed by atoms with Gasteiger partial charge in [0, 0.05) is 31.1 Å². The lowest BCUT2D eigenvalue weighted by atomic mass is 9.85. The van der Waals surface area contributed by atoms with E-state index in [4.69, 9.17) is 16.7 Å². The van der Waals surface area contributed by atoms with E-state index in [1.54, 1.807) is 15.3 Å². The Morgan fingerprint density at radius 3 is 2.50 bits per heavy atom. The minimum atomic E-state index is -2.88. The van der Waals surface area contributed by atoms with Crippen LogP contribution in [0.2, 0.25) is 5.02 Å². The summed E-state index contributed by atoms with van der Waals surface area (Å²) >= 11 is 5.90. The smallest absolute Gasteiger partial charge is 0.333 e. The van der Waals surface area contributed by atoms with Crippen molar-refractivity contribution < 1.29 is 18.7 Å². The molecule has 0 aliphatic heterocycles. The van der Waals surface area contributed by atoms with E-state index in [9.17, 15) is 18.4 Å². The summed E-state index contributed by atoms with van der Waals surface area (Å²) in [5.74, 6) is -0.391. The number of fused-ring (bicyclic) bond motifs is 1. The standard InChI is InChI=1S/C29H30ClF2N5O3/c30-19-14-23(26(27(31)32)34-15-19)28(39)35-21-9-7-18(8-10-21)17-36-24-5-1-2-6-25(24)37(29(36)40)22-12-11-20(33-16-22)4-3-13-38/h1-2,5-6,11-12,14-16,18,21,27,38H,3-4,7-10,13,17H2,(H,35,39)/t18-,21-. The SMILES string of the molecule is O=C(N[C@H]1CC[C@H](Cn2c(=O)n(-c3ccc(CCCO)nc3)c3ccccc32)CC1)c1cc(Cl)cnc1C(F)F. The zero-order valence-corrected chi connectivity index (χ0v) is 22.5. The number of rotatable bonds is 9. The topological polar surface area (TPSA) is 102 Å². The second-order valence-corrected chi connectivity index (χ2v) is 10.6. The van der Waals surface area contributed by atoms with Gasteiger partial charge in [0.2, 0.25) is 0 Å². The number of carbonyl (C=O) groups excluding carboxylic acids is 1. The zero-order chi connectivity index (χ0) is 28.2. The molecule has 8 nitrogen and oxygen atoms in total. The summed E-state index contributed by atoms with van der Waals surface area (Å²) < 4.78 is 30.2. The number of benzene rings is 1. The molecular weight excluding hydrogens is 540 g/mol. The summed E-state index contributed by atoms with van der Waals surface area (Å²) in [6, 6.07) is 12.5. The highest BCUT2D eigenvalue weighted by Crippen LogP contribution is 2.29. The summed E-state index contributed by atoms with van der Waals surface area (Å²) in [6.07, 6.45) is 4.09. The first kappa shape index (κ1) is 27.9. The molecular formula is C29H30ClF2N5O3. The molecule has 1 aliphatic carbocycles. The molecule has 1 aromatic carbocycles. The largest absolute Gasteiger partial charge is 0.396 e. The van der Waals surface area contributed by atoms with Crippen molar-refractivity contribution in [2.45, 2.75) is 57.5 Å². The first-order valence-electron chi connectivity index (χ1n) is 13.4. The number of para-hydroxylation sites is 2. The van der Waals surface area contributed by atoms with Crippen LogP contribution in [0.1, 0.15) is 60.3 Å². The van der Waals surface area contributed by atoms with Gasteiger partial charge in [-0.05, 0) is 74.8 Å². The molecule has 5 rings (SSSR count). The van der Waals surface area contributed by atoms with Gasteiger partial charge in [-0.25, -0.2) is 13.6 Å². The van der Waals surface area contributed by atoms with Crippen molar-refractivity contribution in [2.75, 3.05) is 6.61 Å². The minimum absolute atomic E-state index is 0.101. The van der Waals surface area contributed by atoms with E-state index in [-0.39, 0.29) is 34.8 Å². The van der Waals surface area contributed by atoms with Crippen molar-refractivity contribution >= 4 is 28.5 Å². The van der Waals surface area contributed by atoms with Crippen LogP contribution in [0.5, 0.6) is 0 Å². The lowest BCUT2D eigenvalue weighted by Gasteiger charge is -2.29. The number of aliphatic hydroxyl groups excluding tert-OH is 1. The molecule has 0 saturated heterocycles. The number of amides is 1. The van der Waals surface area contributed by atoms with Crippen LogP contribution < -0.4 is 11.0 Å². The molecule has 0 spiro atoms. The third-order valence-corrected chi connectivity index (χ3v) is 7.66. The highest BCUT2D eigenvalue weighted by atomic mass is 35.5. The fraction of sp³-hybridized carbons (Fsp3) is 0.379. The van der Waals surface area contributed by atoms with Crippen LogP contribution in [0.3, 0.4) is 0 Å². The number of carbonyl (C=O) groups is 1. The summed E-state index contributed by atoms with van der Waals surface area (Å²) in [5, 5.41) is 12.0. The lowest BCUT2D eigenvalue weighted by Crippen LogP contribution is -2.39. The normalized spacial score (nSPS) is 17.4. The van der Waals surface area contributed by atoms with Crippen LogP contribution in [-0.2, 0) is 13.0 Å². The first-order chi connectivity index (χ1) is 19.4. The predicted molar refractivity (Wildman–Crippen MR) is 148 cm³/mol. The van der Waals surface area contributed by atoms with Crippen LogP contribution in [0, 0.1) is 5.92 Å². The molecule has 11 heteroatoms. The van der Waals surface area contributed by atoms with Crippen molar-refractivity contribution in [3.8, 4) is 5.69 Å². The Kier molecular flexibility index (Phi) is 8.56. The molecule has 4 aromatic rings. The Labute approximate surface area is 234 Å². The number of nitrogens with zero attached hydrogens (tertiary/aromatic N) is 4. The van der Waals surface area contributed by atoms with Gasteiger partial charge in [0.1, 0.15) is 5.69 Å². The average molecular weight is 570 g/mol. The van der Waals surface area contributed by atoms with Gasteiger partial charge in [-0.3, -0.25) is 23.9 Å². The number of halogens is 3. The first-order valence-corrected chi connectivity index (χ1v) is 13.7. The molecule has 1 aliphatic rings. The van der Waals surface area contributed by atoms with E-state index in [1.807, 2.05) is 36.4 Å². The molecule has 0 unspecified atom stereocenters. The quantitative estimate of drug-likeness (QED) is 0.292. The number of pyridine rings is 2. The van der Waals surface area contributed by atoms with Gasteiger partial charge in [-0.15, -0.1) is 0 Å². The molecule has 3 aromatic heterocycles.